The van der Waals surface area contributed by atoms with Crippen LogP contribution in [0.25, 0.3) is 0 Å². The molecule has 13 nitrogen and oxygen atoms in total. The number of hydrogen-bond donors (Lipinski definition) is 4. The normalized spacial score (nSPS) is 24.2. The number of Topliss-reactive ketones (excluding diaryl/α,β-unsaturated/α-hetero) is 1. The molecule has 1 aromatic rings. The van der Waals surface area contributed by atoms with E-state index >= 15 is 0 Å². The second-order valence-electron chi connectivity index (χ2n) is 13.0. The lowest BCUT2D eigenvalue weighted by molar-refractivity contribution is -0.143. The minimum atomic E-state index is -0.965. The second-order valence-corrected chi connectivity index (χ2v) is 13.0. The zero-order valence-electron chi connectivity index (χ0n) is 26.0. The number of carbonyl (C=O) groups is 6. The van der Waals surface area contributed by atoms with Crippen LogP contribution < -0.4 is 21.3 Å². The zero-order chi connectivity index (χ0) is 31.9. The van der Waals surface area contributed by atoms with Gasteiger partial charge in [0.1, 0.15) is 17.8 Å². The number of likely N-dealkylation sites (tertiary alicyclic amines) is 1. The molecule has 0 bridgehead atoms. The number of nitrogens with zero attached hydrogens (tertiary/aromatic N) is 3. The average molecular weight is 624 g/mol. The van der Waals surface area contributed by atoms with Gasteiger partial charge in [-0.2, -0.15) is 0 Å². The van der Waals surface area contributed by atoms with Crippen LogP contribution in [0.3, 0.4) is 0 Å². The van der Waals surface area contributed by atoms with Gasteiger partial charge in [0.2, 0.25) is 23.5 Å². The van der Waals surface area contributed by atoms with Crippen molar-refractivity contribution in [1.29, 1.82) is 0 Å². The summed E-state index contributed by atoms with van der Waals surface area (Å²) in [5.41, 5.74) is 0.101. The third-order valence-corrected chi connectivity index (χ3v) is 9.73. The van der Waals surface area contributed by atoms with Crippen molar-refractivity contribution in [2.75, 3.05) is 13.1 Å². The van der Waals surface area contributed by atoms with Gasteiger partial charge in [-0.1, -0.05) is 39.0 Å². The first-order chi connectivity index (χ1) is 21.8. The fraction of sp³-hybridized carbons (Fsp3) is 0.688. The van der Waals surface area contributed by atoms with Gasteiger partial charge in [0.15, 0.2) is 0 Å². The van der Waals surface area contributed by atoms with E-state index in [1.807, 2.05) is 6.92 Å². The number of nitrogens with one attached hydrogen (secondary N) is 4. The largest absolute Gasteiger partial charge is 0.347 e. The molecule has 0 radical (unpaired) electrons. The van der Waals surface area contributed by atoms with Crippen LogP contribution in [-0.4, -0.2) is 87.4 Å². The number of rotatable bonds is 13. The first-order valence-corrected chi connectivity index (χ1v) is 16.6. The van der Waals surface area contributed by atoms with Gasteiger partial charge in [-0.3, -0.25) is 33.8 Å². The molecule has 1 aliphatic heterocycles. The maximum atomic E-state index is 13.7. The van der Waals surface area contributed by atoms with Crippen molar-refractivity contribution in [1.82, 2.24) is 36.1 Å². The predicted octanol–water partition coefficient (Wildman–Crippen LogP) is 1.03. The van der Waals surface area contributed by atoms with E-state index in [1.165, 1.54) is 23.5 Å². The van der Waals surface area contributed by atoms with Crippen LogP contribution in [-0.2, 0) is 24.0 Å². The summed E-state index contributed by atoms with van der Waals surface area (Å²) < 4.78 is 0. The molecular formula is C32H45N7O6. The number of hydrogen-bond acceptors (Lipinski definition) is 8. The van der Waals surface area contributed by atoms with E-state index in [-0.39, 0.29) is 36.0 Å². The molecule has 0 unspecified atom stereocenters. The lowest BCUT2D eigenvalue weighted by Crippen LogP contribution is -2.56. The number of carbonyl (C=O) groups excluding carboxylic acids is 6. The van der Waals surface area contributed by atoms with Crippen LogP contribution in [0.15, 0.2) is 18.6 Å². The van der Waals surface area contributed by atoms with E-state index in [9.17, 15) is 28.8 Å². The minimum Gasteiger partial charge on any atom is -0.347 e. The Morgan fingerprint density at radius 2 is 1.71 bits per heavy atom. The van der Waals surface area contributed by atoms with Gasteiger partial charge < -0.3 is 26.2 Å². The van der Waals surface area contributed by atoms with Crippen LogP contribution >= 0.6 is 0 Å². The summed E-state index contributed by atoms with van der Waals surface area (Å²) in [6.07, 6.45) is 14.0. The van der Waals surface area contributed by atoms with Crippen LogP contribution in [0, 0.1) is 17.8 Å². The maximum absolute atomic E-state index is 13.7. The molecule has 5 rings (SSSR count). The van der Waals surface area contributed by atoms with Crippen molar-refractivity contribution in [2.45, 2.75) is 108 Å². The van der Waals surface area contributed by atoms with Crippen LogP contribution in [0.2, 0.25) is 0 Å². The van der Waals surface area contributed by atoms with Crippen molar-refractivity contribution >= 4 is 35.3 Å². The molecule has 1 saturated heterocycles. The van der Waals surface area contributed by atoms with E-state index in [2.05, 4.69) is 31.2 Å². The van der Waals surface area contributed by atoms with Gasteiger partial charge in [-0.25, -0.2) is 4.98 Å². The van der Waals surface area contributed by atoms with E-state index in [4.69, 9.17) is 0 Å². The molecule has 4 N–H and O–H groups in total. The first kappa shape index (κ1) is 32.5. The molecule has 5 amide bonds. The third kappa shape index (κ3) is 8.04. The first-order valence-electron chi connectivity index (χ1n) is 16.6. The Morgan fingerprint density at radius 1 is 0.933 bits per heavy atom. The zero-order valence-corrected chi connectivity index (χ0v) is 26.0. The fourth-order valence-corrected chi connectivity index (χ4v) is 7.23. The molecule has 0 aromatic carbocycles. The molecule has 45 heavy (non-hydrogen) atoms. The minimum absolute atomic E-state index is 0.0230. The van der Waals surface area contributed by atoms with Crippen molar-refractivity contribution in [2.24, 2.45) is 17.8 Å². The van der Waals surface area contributed by atoms with E-state index in [0.29, 0.717) is 19.4 Å². The second kappa shape index (κ2) is 14.9. The summed E-state index contributed by atoms with van der Waals surface area (Å²) in [4.78, 5) is 88.6. The lowest BCUT2D eigenvalue weighted by atomic mass is 9.83. The van der Waals surface area contributed by atoms with Crippen molar-refractivity contribution in [3.8, 4) is 0 Å². The highest BCUT2D eigenvalue weighted by Gasteiger charge is 2.50. The summed E-state index contributed by atoms with van der Waals surface area (Å²) in [7, 11) is 0. The Morgan fingerprint density at radius 3 is 2.40 bits per heavy atom. The average Bonchev–Trinajstić information content (AvgIpc) is 3.62. The smallest absolute Gasteiger partial charge is 0.289 e. The monoisotopic (exact) mass is 623 g/mol. The molecule has 2 heterocycles. The van der Waals surface area contributed by atoms with E-state index in [1.54, 1.807) is 0 Å². The topological polar surface area (TPSA) is 180 Å². The third-order valence-electron chi connectivity index (χ3n) is 9.73. The van der Waals surface area contributed by atoms with Gasteiger partial charge in [0.25, 0.3) is 11.8 Å². The van der Waals surface area contributed by atoms with Crippen molar-refractivity contribution < 1.29 is 28.8 Å². The number of amides is 5. The van der Waals surface area contributed by atoms with Gasteiger partial charge in [0, 0.05) is 25.0 Å². The van der Waals surface area contributed by atoms with Gasteiger partial charge in [-0.05, 0) is 62.7 Å². The summed E-state index contributed by atoms with van der Waals surface area (Å²) in [5, 5.41) is 11.1. The Hall–Kier alpha value is -3.90. The Balaban J connectivity index is 1.24. The van der Waals surface area contributed by atoms with Crippen LogP contribution in [0.1, 0.15) is 94.5 Å². The Bertz CT molecular complexity index is 1270. The SMILES string of the molecule is CCC[C@H](NC(=O)[C@H]1[C@H]2CCC[C@H]2CN1C(=O)CNC(=O)[C@H](NC(=O)c1cnccn1)C1CCCCC1)C(=O)C(=O)NC1CC1. The standard InChI is InChI=1S/C32H45N7O6/c1-2-7-23(28(41)32(45)36-21-12-13-21)37-31(44)27-22-11-6-10-20(22)18-39(27)25(40)17-35-30(43)26(19-8-4-3-5-9-19)38-29(42)24-16-33-14-15-34-24/h14-16,19-23,26-27H,2-13,17-18H2,1H3,(H,35,43)(H,36,45)(H,37,44)(H,38,42)/t20-,22-,23-,26+,27+/m0/s1. The van der Waals surface area contributed by atoms with Crippen LogP contribution in [0.4, 0.5) is 0 Å². The quantitative estimate of drug-likeness (QED) is 0.235. The highest BCUT2D eigenvalue weighted by Crippen LogP contribution is 2.42. The van der Waals surface area contributed by atoms with Crippen molar-refractivity contribution in [3.05, 3.63) is 24.3 Å². The molecule has 3 saturated carbocycles. The van der Waals surface area contributed by atoms with E-state index in [0.717, 1.165) is 64.2 Å². The van der Waals surface area contributed by atoms with Gasteiger partial charge in [-0.15, -0.1) is 0 Å². The predicted molar refractivity (Wildman–Crippen MR) is 162 cm³/mol. The van der Waals surface area contributed by atoms with Crippen molar-refractivity contribution in [3.63, 3.8) is 0 Å². The number of fused-ring (bicyclic) bond motifs is 1. The maximum Gasteiger partial charge on any atom is 0.289 e. The van der Waals surface area contributed by atoms with Gasteiger partial charge >= 0.3 is 0 Å². The molecule has 4 aliphatic rings. The highest BCUT2D eigenvalue weighted by molar-refractivity contribution is 6.38. The summed E-state index contributed by atoms with van der Waals surface area (Å²) in [6, 6.07) is -2.57. The van der Waals surface area contributed by atoms with Crippen LogP contribution in [0.5, 0.6) is 0 Å². The van der Waals surface area contributed by atoms with Gasteiger partial charge in [0.05, 0.1) is 18.8 Å². The van der Waals surface area contributed by atoms with E-state index < -0.39 is 53.4 Å². The molecular weight excluding hydrogens is 578 g/mol. The number of aromatic nitrogens is 2. The molecule has 4 fully saturated rings. The summed E-state index contributed by atoms with van der Waals surface area (Å²) in [6.45, 7) is 1.94. The lowest BCUT2D eigenvalue weighted by Gasteiger charge is -2.31. The molecule has 244 valence electrons. The number of ketones is 1. The summed E-state index contributed by atoms with van der Waals surface area (Å²) in [5.74, 6) is -3.13. The highest BCUT2D eigenvalue weighted by atomic mass is 16.2. The fourth-order valence-electron chi connectivity index (χ4n) is 7.23. The Labute approximate surface area is 263 Å². The molecule has 3 aliphatic carbocycles. The molecule has 1 aromatic heterocycles. The molecule has 5 atom stereocenters. The summed E-state index contributed by atoms with van der Waals surface area (Å²) >= 11 is 0. The Kier molecular flexibility index (Phi) is 10.8. The molecule has 0 spiro atoms. The molecule has 13 heteroatoms.